The molecule has 3 atom stereocenters. The Kier molecular flexibility index (Phi) is 56.4. The lowest BCUT2D eigenvalue weighted by molar-refractivity contribution is -0.124. The summed E-state index contributed by atoms with van der Waals surface area (Å²) in [5.74, 6) is -0.323. The Morgan fingerprint density at radius 1 is 0.382 bits per heavy atom. The van der Waals surface area contributed by atoms with E-state index < -0.39 is 18.2 Å². The van der Waals surface area contributed by atoms with Crippen LogP contribution in [0.15, 0.2) is 48.6 Å². The Morgan fingerprint density at radius 2 is 0.676 bits per heavy atom. The summed E-state index contributed by atoms with van der Waals surface area (Å²) < 4.78 is 0. The second kappa shape index (κ2) is 57.9. The molecule has 0 fully saturated rings. The largest absolute Gasteiger partial charge is 0.394 e. The molecule has 0 aliphatic heterocycles. The molecule has 0 heterocycles. The lowest BCUT2D eigenvalue weighted by atomic mass is 10.0. The summed E-state index contributed by atoms with van der Waals surface area (Å²) in [6.07, 6.45) is 77.6. The molecule has 4 N–H and O–H groups in total. The average Bonchev–Trinajstić information content (AvgIpc) is 3.33. The summed E-state index contributed by atoms with van der Waals surface area (Å²) in [7, 11) is 0. The molecule has 5 nitrogen and oxygen atoms in total. The summed E-state index contributed by atoms with van der Waals surface area (Å²) in [4.78, 5) is 12.5. The molecule has 0 aromatic carbocycles. The molecular formula is C63H119NO4. The van der Waals surface area contributed by atoms with Crippen LogP contribution < -0.4 is 5.32 Å². The van der Waals surface area contributed by atoms with Crippen molar-refractivity contribution in [2.45, 2.75) is 340 Å². The maximum Gasteiger partial charge on any atom is 0.222 e. The third kappa shape index (κ3) is 53.7. The first kappa shape index (κ1) is 66.3. The van der Waals surface area contributed by atoms with Gasteiger partial charge in [0.05, 0.1) is 31.3 Å². The molecule has 0 saturated carbocycles. The van der Waals surface area contributed by atoms with Crippen LogP contribution in [0.5, 0.6) is 0 Å². The van der Waals surface area contributed by atoms with Crippen molar-refractivity contribution in [1.29, 1.82) is 0 Å². The minimum atomic E-state index is -0.953. The van der Waals surface area contributed by atoms with Gasteiger partial charge in [-0.05, 0) is 64.2 Å². The fourth-order valence-electron chi connectivity index (χ4n) is 9.45. The summed E-state index contributed by atoms with van der Waals surface area (Å²) in [6.45, 7) is 4.23. The highest BCUT2D eigenvalue weighted by Crippen LogP contribution is 2.17. The number of carbonyl (C=O) groups is 1. The quantitative estimate of drug-likeness (QED) is 0.0361. The van der Waals surface area contributed by atoms with Crippen molar-refractivity contribution >= 4 is 5.91 Å². The summed E-state index contributed by atoms with van der Waals surface area (Å²) >= 11 is 0. The van der Waals surface area contributed by atoms with Crippen LogP contribution >= 0.6 is 0 Å². The molecule has 1 amide bonds. The number of rotatable bonds is 56. The van der Waals surface area contributed by atoms with Crippen molar-refractivity contribution in [3.05, 3.63) is 48.6 Å². The number of allylic oxidation sites excluding steroid dienone is 7. The van der Waals surface area contributed by atoms with Crippen molar-refractivity contribution in [2.75, 3.05) is 6.61 Å². The number of nitrogens with one attached hydrogen (secondary N) is 1. The maximum absolute atomic E-state index is 12.5. The Balaban J connectivity index is 3.51. The fourth-order valence-corrected chi connectivity index (χ4v) is 9.45. The number of aliphatic hydroxyl groups excluding tert-OH is 3. The maximum atomic E-state index is 12.5. The van der Waals surface area contributed by atoms with E-state index in [9.17, 15) is 20.1 Å². The third-order valence-corrected chi connectivity index (χ3v) is 14.1. The molecule has 68 heavy (non-hydrogen) atoms. The molecule has 0 aromatic rings. The zero-order valence-corrected chi connectivity index (χ0v) is 45.7. The van der Waals surface area contributed by atoms with Gasteiger partial charge in [-0.2, -0.15) is 0 Å². The normalized spacial score (nSPS) is 13.5. The zero-order valence-electron chi connectivity index (χ0n) is 45.7. The first-order valence-corrected chi connectivity index (χ1v) is 30.4. The van der Waals surface area contributed by atoms with Crippen LogP contribution in [0.2, 0.25) is 0 Å². The number of aliphatic hydroxyl groups is 3. The fraction of sp³-hybridized carbons (Fsp3) is 0.857. The number of hydrogen-bond acceptors (Lipinski definition) is 4. The minimum Gasteiger partial charge on any atom is -0.394 e. The van der Waals surface area contributed by atoms with E-state index in [2.05, 4.69) is 55.6 Å². The summed E-state index contributed by atoms with van der Waals surface area (Å²) in [6, 6.07) is -0.762. The van der Waals surface area contributed by atoms with Crippen molar-refractivity contribution in [2.24, 2.45) is 0 Å². The Bertz CT molecular complexity index is 1100. The van der Waals surface area contributed by atoms with Crippen molar-refractivity contribution < 1.29 is 20.1 Å². The molecule has 0 bridgehead atoms. The van der Waals surface area contributed by atoms with Gasteiger partial charge in [-0.25, -0.2) is 0 Å². The molecule has 5 heteroatoms. The van der Waals surface area contributed by atoms with Crippen molar-refractivity contribution in [1.82, 2.24) is 5.32 Å². The predicted octanol–water partition coefficient (Wildman–Crippen LogP) is 19.2. The second-order valence-electron chi connectivity index (χ2n) is 21.0. The van der Waals surface area contributed by atoms with Gasteiger partial charge in [-0.1, -0.05) is 300 Å². The highest BCUT2D eigenvalue weighted by atomic mass is 16.3. The standard InChI is InChI=1S/C63H119NO4/c1-3-5-7-9-11-13-15-17-19-21-22-23-24-25-26-27-28-29-30-31-32-33-34-35-36-37-38-39-40-41-42-44-46-48-50-52-54-56-60(66)58-63(68)64-61(59-65)62(67)57-55-53-51-49-47-45-43-20-18-16-14-12-10-8-6-4-2/h28-29,31-32,47,49,55,57,60-62,65-67H,3-27,30,33-46,48,50-54,56,58-59H2,1-2H3,(H,64,68)/b29-28-,32-31-,49-47+,57-55+. The Morgan fingerprint density at radius 3 is 1.03 bits per heavy atom. The van der Waals surface area contributed by atoms with Gasteiger partial charge in [0.25, 0.3) is 0 Å². The lowest BCUT2D eigenvalue weighted by Gasteiger charge is -2.21. The molecule has 0 aliphatic rings. The lowest BCUT2D eigenvalue weighted by Crippen LogP contribution is -2.45. The molecule has 3 unspecified atom stereocenters. The van der Waals surface area contributed by atoms with Gasteiger partial charge in [0, 0.05) is 0 Å². The van der Waals surface area contributed by atoms with Crippen LogP contribution in [0.25, 0.3) is 0 Å². The molecule has 0 saturated heterocycles. The van der Waals surface area contributed by atoms with Crippen molar-refractivity contribution in [3.8, 4) is 0 Å². The summed E-state index contributed by atoms with van der Waals surface area (Å²) in [5, 5.41) is 33.4. The molecular weight excluding hydrogens is 835 g/mol. The van der Waals surface area contributed by atoms with Crippen LogP contribution in [0.4, 0.5) is 0 Å². The van der Waals surface area contributed by atoms with Crippen LogP contribution in [-0.2, 0) is 4.79 Å². The van der Waals surface area contributed by atoms with E-state index in [1.165, 1.54) is 257 Å². The van der Waals surface area contributed by atoms with Gasteiger partial charge in [0.15, 0.2) is 0 Å². The van der Waals surface area contributed by atoms with Gasteiger partial charge in [-0.3, -0.25) is 4.79 Å². The SMILES string of the molecule is CCCCCCCCCCCC/C=C/CC/C=C/C(O)C(CO)NC(=O)CC(O)CCCCCCCCCCCCCCCCC/C=C\C/C=C\CCCCCCCCCCCCCCCCC. The zero-order chi connectivity index (χ0) is 49.3. The topological polar surface area (TPSA) is 89.8 Å². The average molecular weight is 955 g/mol. The number of carbonyl (C=O) groups excluding carboxylic acids is 1. The molecule has 0 rings (SSSR count). The third-order valence-electron chi connectivity index (χ3n) is 14.1. The van der Waals surface area contributed by atoms with Crippen LogP contribution in [0.1, 0.15) is 322 Å². The number of hydrogen-bond donors (Lipinski definition) is 4. The first-order chi connectivity index (χ1) is 33.5. The van der Waals surface area contributed by atoms with E-state index in [1.807, 2.05) is 6.08 Å². The predicted molar refractivity (Wildman–Crippen MR) is 301 cm³/mol. The molecule has 0 aliphatic carbocycles. The van der Waals surface area contributed by atoms with Crippen molar-refractivity contribution in [3.63, 3.8) is 0 Å². The van der Waals surface area contributed by atoms with Gasteiger partial charge >= 0.3 is 0 Å². The summed E-state index contributed by atoms with van der Waals surface area (Å²) in [5.41, 5.74) is 0. The van der Waals surface area contributed by atoms with Crippen LogP contribution in [0, 0.1) is 0 Å². The van der Waals surface area contributed by atoms with Crippen LogP contribution in [0.3, 0.4) is 0 Å². The number of unbranched alkanes of at least 4 members (excludes halogenated alkanes) is 41. The van der Waals surface area contributed by atoms with E-state index in [1.54, 1.807) is 6.08 Å². The Hall–Kier alpha value is -1.69. The van der Waals surface area contributed by atoms with E-state index in [-0.39, 0.29) is 18.9 Å². The second-order valence-corrected chi connectivity index (χ2v) is 21.0. The number of amides is 1. The van der Waals surface area contributed by atoms with Gasteiger partial charge in [0.1, 0.15) is 0 Å². The molecule has 0 radical (unpaired) electrons. The minimum absolute atomic E-state index is 0.00620. The highest BCUT2D eigenvalue weighted by molar-refractivity contribution is 5.76. The van der Waals surface area contributed by atoms with E-state index in [4.69, 9.17) is 0 Å². The molecule has 0 aromatic heterocycles. The monoisotopic (exact) mass is 954 g/mol. The van der Waals surface area contributed by atoms with Crippen LogP contribution in [-0.4, -0.2) is 46.1 Å². The highest BCUT2D eigenvalue weighted by Gasteiger charge is 2.20. The molecule has 400 valence electrons. The Labute approximate surface area is 425 Å². The van der Waals surface area contributed by atoms with Gasteiger partial charge < -0.3 is 20.6 Å². The first-order valence-electron chi connectivity index (χ1n) is 30.4. The molecule has 0 spiro atoms. The van der Waals surface area contributed by atoms with E-state index in [0.717, 1.165) is 38.5 Å². The van der Waals surface area contributed by atoms with E-state index >= 15 is 0 Å². The van der Waals surface area contributed by atoms with Gasteiger partial charge in [-0.15, -0.1) is 0 Å². The van der Waals surface area contributed by atoms with E-state index in [0.29, 0.717) is 6.42 Å². The smallest absolute Gasteiger partial charge is 0.222 e. The van der Waals surface area contributed by atoms with Gasteiger partial charge in [0.2, 0.25) is 5.91 Å².